The standard InChI is InChI=1S/C17H20N4O3/c1-23-15-9-20(10-17(15)6-3-7-24-17)16(22)13-4-2-5-14(8-13)21-11-18-19-12-21/h2,4-5,8,11-12,15H,3,6-7,9-10H2,1H3/t15-,17-/m0/s1. The van der Waals surface area contributed by atoms with Gasteiger partial charge >= 0.3 is 0 Å². The summed E-state index contributed by atoms with van der Waals surface area (Å²) in [4.78, 5) is 14.8. The van der Waals surface area contributed by atoms with Gasteiger partial charge in [-0.15, -0.1) is 10.2 Å². The molecule has 3 heterocycles. The Balaban J connectivity index is 1.57. The van der Waals surface area contributed by atoms with Crippen LogP contribution in [0.3, 0.4) is 0 Å². The van der Waals surface area contributed by atoms with E-state index in [1.165, 1.54) is 0 Å². The molecule has 7 heteroatoms. The molecule has 0 radical (unpaired) electrons. The van der Waals surface area contributed by atoms with E-state index in [4.69, 9.17) is 9.47 Å². The molecule has 1 aromatic heterocycles. The Bertz CT molecular complexity index is 725. The van der Waals surface area contributed by atoms with Crippen LogP contribution in [0.4, 0.5) is 0 Å². The zero-order valence-electron chi connectivity index (χ0n) is 13.6. The van der Waals surface area contributed by atoms with Crippen LogP contribution in [0.1, 0.15) is 23.2 Å². The molecule has 2 aliphatic rings. The lowest BCUT2D eigenvalue weighted by atomic mass is 9.96. The third-order valence-corrected chi connectivity index (χ3v) is 4.95. The number of carbonyl (C=O) groups excluding carboxylic acids is 1. The van der Waals surface area contributed by atoms with E-state index in [1.54, 1.807) is 24.3 Å². The number of carbonyl (C=O) groups is 1. The van der Waals surface area contributed by atoms with Crippen LogP contribution in [0.15, 0.2) is 36.9 Å². The van der Waals surface area contributed by atoms with Crippen molar-refractivity contribution in [3.8, 4) is 5.69 Å². The monoisotopic (exact) mass is 328 g/mol. The Morgan fingerprint density at radius 2 is 2.21 bits per heavy atom. The van der Waals surface area contributed by atoms with Gasteiger partial charge in [0.25, 0.3) is 5.91 Å². The van der Waals surface area contributed by atoms with Gasteiger partial charge in [0, 0.05) is 25.0 Å². The average molecular weight is 328 g/mol. The van der Waals surface area contributed by atoms with E-state index in [-0.39, 0.29) is 17.6 Å². The predicted octanol–water partition coefficient (Wildman–Crippen LogP) is 1.29. The molecule has 0 aliphatic carbocycles. The Labute approximate surface area is 140 Å². The Morgan fingerprint density at radius 1 is 1.38 bits per heavy atom. The zero-order valence-corrected chi connectivity index (χ0v) is 13.6. The van der Waals surface area contributed by atoms with Gasteiger partial charge in [-0.1, -0.05) is 6.07 Å². The SMILES string of the molecule is CO[C@H]1CN(C(=O)c2cccc(-n3cnnc3)c2)C[C@@]12CCCO2. The molecule has 1 amide bonds. The minimum atomic E-state index is -0.337. The molecule has 2 aliphatic heterocycles. The number of likely N-dealkylation sites (tertiary alicyclic amines) is 1. The van der Waals surface area contributed by atoms with E-state index in [2.05, 4.69) is 10.2 Å². The van der Waals surface area contributed by atoms with Crippen LogP contribution in [-0.2, 0) is 9.47 Å². The highest BCUT2D eigenvalue weighted by molar-refractivity contribution is 5.95. The molecule has 0 N–H and O–H groups in total. The largest absolute Gasteiger partial charge is 0.377 e. The summed E-state index contributed by atoms with van der Waals surface area (Å²) in [6, 6.07) is 7.48. The minimum Gasteiger partial charge on any atom is -0.377 e. The van der Waals surface area contributed by atoms with Crippen molar-refractivity contribution in [1.29, 1.82) is 0 Å². The van der Waals surface area contributed by atoms with E-state index < -0.39 is 0 Å². The van der Waals surface area contributed by atoms with Gasteiger partial charge in [0.15, 0.2) is 0 Å². The number of rotatable bonds is 3. The normalized spacial score (nSPS) is 26.4. The first kappa shape index (κ1) is 15.3. The van der Waals surface area contributed by atoms with Gasteiger partial charge in [-0.25, -0.2) is 0 Å². The second-order valence-corrected chi connectivity index (χ2v) is 6.35. The topological polar surface area (TPSA) is 69.5 Å². The number of hydrogen-bond acceptors (Lipinski definition) is 5. The van der Waals surface area contributed by atoms with Crippen molar-refractivity contribution in [3.63, 3.8) is 0 Å². The van der Waals surface area contributed by atoms with Crippen LogP contribution < -0.4 is 0 Å². The molecule has 2 saturated heterocycles. The Morgan fingerprint density at radius 3 is 2.92 bits per heavy atom. The Kier molecular flexibility index (Phi) is 3.82. The van der Waals surface area contributed by atoms with Gasteiger partial charge in [0.05, 0.1) is 13.1 Å². The zero-order chi connectivity index (χ0) is 16.6. The molecule has 4 rings (SSSR count). The first-order valence-corrected chi connectivity index (χ1v) is 8.13. The van der Waals surface area contributed by atoms with Crippen molar-refractivity contribution in [2.45, 2.75) is 24.5 Å². The molecule has 1 aromatic carbocycles. The molecule has 0 unspecified atom stereocenters. The van der Waals surface area contributed by atoms with E-state index in [1.807, 2.05) is 29.2 Å². The molecule has 0 saturated carbocycles. The van der Waals surface area contributed by atoms with Gasteiger partial charge < -0.3 is 14.4 Å². The third-order valence-electron chi connectivity index (χ3n) is 4.95. The average Bonchev–Trinajstić information content (AvgIpc) is 3.36. The fourth-order valence-electron chi connectivity index (χ4n) is 3.71. The van der Waals surface area contributed by atoms with Crippen molar-refractivity contribution < 1.29 is 14.3 Å². The maximum absolute atomic E-state index is 12.9. The van der Waals surface area contributed by atoms with Gasteiger partial charge in [-0.05, 0) is 31.0 Å². The first-order valence-electron chi connectivity index (χ1n) is 8.13. The quantitative estimate of drug-likeness (QED) is 0.849. The molecule has 0 bridgehead atoms. The summed E-state index contributed by atoms with van der Waals surface area (Å²) in [6.07, 6.45) is 5.12. The Hall–Kier alpha value is -2.25. The highest BCUT2D eigenvalue weighted by atomic mass is 16.6. The first-order chi connectivity index (χ1) is 11.7. The van der Waals surface area contributed by atoms with E-state index in [0.29, 0.717) is 18.7 Å². The predicted molar refractivity (Wildman–Crippen MR) is 86.0 cm³/mol. The van der Waals surface area contributed by atoms with Crippen LogP contribution in [0.25, 0.3) is 5.69 Å². The van der Waals surface area contributed by atoms with Gasteiger partial charge in [-0.3, -0.25) is 9.36 Å². The number of hydrogen-bond donors (Lipinski definition) is 0. The van der Waals surface area contributed by atoms with Crippen molar-refractivity contribution >= 4 is 5.91 Å². The van der Waals surface area contributed by atoms with Crippen LogP contribution in [0.5, 0.6) is 0 Å². The second kappa shape index (κ2) is 5.99. The van der Waals surface area contributed by atoms with Crippen molar-refractivity contribution in [2.24, 2.45) is 0 Å². The molecule has 2 fully saturated rings. The van der Waals surface area contributed by atoms with Crippen LogP contribution in [-0.4, -0.2) is 64.1 Å². The molecule has 2 atom stereocenters. The summed E-state index contributed by atoms with van der Waals surface area (Å²) in [7, 11) is 1.69. The highest BCUT2D eigenvalue weighted by Crippen LogP contribution is 2.37. The summed E-state index contributed by atoms with van der Waals surface area (Å²) in [5.74, 6) is -0.000602. The molecule has 24 heavy (non-hydrogen) atoms. The van der Waals surface area contributed by atoms with E-state index in [9.17, 15) is 4.79 Å². The lowest BCUT2D eigenvalue weighted by molar-refractivity contribution is -0.0754. The highest BCUT2D eigenvalue weighted by Gasteiger charge is 2.51. The van der Waals surface area contributed by atoms with Crippen molar-refractivity contribution in [1.82, 2.24) is 19.7 Å². The fourth-order valence-corrected chi connectivity index (χ4v) is 3.71. The maximum atomic E-state index is 12.9. The molecule has 7 nitrogen and oxygen atoms in total. The number of nitrogens with zero attached hydrogens (tertiary/aromatic N) is 4. The summed E-state index contributed by atoms with van der Waals surface area (Å²) < 4.78 is 13.4. The number of aromatic nitrogens is 3. The smallest absolute Gasteiger partial charge is 0.254 e. The van der Waals surface area contributed by atoms with Crippen molar-refractivity contribution in [2.75, 3.05) is 26.8 Å². The van der Waals surface area contributed by atoms with Crippen molar-refractivity contribution in [3.05, 3.63) is 42.5 Å². The lowest BCUT2D eigenvalue weighted by Gasteiger charge is -2.27. The fraction of sp³-hybridized carbons (Fsp3) is 0.471. The second-order valence-electron chi connectivity index (χ2n) is 6.35. The number of ether oxygens (including phenoxy) is 2. The summed E-state index contributed by atoms with van der Waals surface area (Å²) in [5, 5.41) is 7.61. The molecular formula is C17H20N4O3. The van der Waals surface area contributed by atoms with Crippen LogP contribution >= 0.6 is 0 Å². The number of amides is 1. The summed E-state index contributed by atoms with van der Waals surface area (Å²) in [5.41, 5.74) is 1.17. The van der Waals surface area contributed by atoms with E-state index >= 15 is 0 Å². The van der Waals surface area contributed by atoms with E-state index in [0.717, 1.165) is 25.1 Å². The molecule has 1 spiro atoms. The number of benzene rings is 1. The molecule has 126 valence electrons. The maximum Gasteiger partial charge on any atom is 0.254 e. The summed E-state index contributed by atoms with van der Waals surface area (Å²) in [6.45, 7) is 1.89. The van der Waals surface area contributed by atoms with Gasteiger partial charge in [0.2, 0.25) is 0 Å². The summed E-state index contributed by atoms with van der Waals surface area (Å²) >= 11 is 0. The van der Waals surface area contributed by atoms with Gasteiger partial charge in [0.1, 0.15) is 24.4 Å². The molecule has 2 aromatic rings. The van der Waals surface area contributed by atoms with Crippen LogP contribution in [0.2, 0.25) is 0 Å². The minimum absolute atomic E-state index is 0.000602. The third kappa shape index (κ3) is 2.50. The van der Waals surface area contributed by atoms with Gasteiger partial charge in [-0.2, -0.15) is 0 Å². The number of methoxy groups -OCH3 is 1. The van der Waals surface area contributed by atoms with Crippen LogP contribution in [0, 0.1) is 0 Å². The lowest BCUT2D eigenvalue weighted by Crippen LogP contribution is -2.42. The molecular weight excluding hydrogens is 308 g/mol.